The predicted molar refractivity (Wildman–Crippen MR) is 88.8 cm³/mol. The maximum Gasteiger partial charge on any atom is 0.123 e. The number of thioether (sulfide) groups is 1. The number of nitrogens with one attached hydrogen (secondary N) is 1. The van der Waals surface area contributed by atoms with Gasteiger partial charge in [0, 0.05) is 22.9 Å². The summed E-state index contributed by atoms with van der Waals surface area (Å²) in [5.74, 6) is 2.23. The van der Waals surface area contributed by atoms with Gasteiger partial charge in [-0.1, -0.05) is 24.6 Å². The molecule has 1 aromatic carbocycles. The molecule has 0 spiro atoms. The number of rotatable bonds is 6. The fraction of sp³-hybridized carbons (Fsp3) is 0.647. The third kappa shape index (κ3) is 3.92. The average molecular weight is 293 g/mol. The van der Waals surface area contributed by atoms with E-state index in [9.17, 15) is 0 Å². The molecule has 0 amide bonds. The number of methoxy groups -OCH3 is 1. The van der Waals surface area contributed by atoms with E-state index in [0.717, 1.165) is 11.0 Å². The number of ether oxygens (including phenoxy) is 1. The molecule has 1 fully saturated rings. The minimum atomic E-state index is 0.347. The Balaban J connectivity index is 1.98. The second-order valence-electron chi connectivity index (χ2n) is 5.72. The van der Waals surface area contributed by atoms with Crippen LogP contribution in [0.4, 0.5) is 0 Å². The first-order valence-electron chi connectivity index (χ1n) is 7.66. The van der Waals surface area contributed by atoms with Crippen molar-refractivity contribution in [3.05, 3.63) is 29.3 Å². The van der Waals surface area contributed by atoms with E-state index in [2.05, 4.69) is 56.0 Å². The third-order valence-corrected chi connectivity index (χ3v) is 5.36. The first kappa shape index (κ1) is 15.7. The molecule has 1 aromatic rings. The third-order valence-electron chi connectivity index (χ3n) is 4.12. The van der Waals surface area contributed by atoms with Gasteiger partial charge in [-0.25, -0.2) is 0 Å². The SMILES string of the molecule is CCSC1CCC(NC(C)c2cc(C)ccc2OC)C1. The molecule has 1 saturated carbocycles. The van der Waals surface area contributed by atoms with Crippen LogP contribution in [-0.2, 0) is 0 Å². The highest BCUT2D eigenvalue weighted by atomic mass is 32.2. The highest BCUT2D eigenvalue weighted by molar-refractivity contribution is 7.99. The Kier molecular flexibility index (Phi) is 5.79. The van der Waals surface area contributed by atoms with Crippen LogP contribution in [0.5, 0.6) is 5.75 Å². The summed E-state index contributed by atoms with van der Waals surface area (Å²) in [4.78, 5) is 0. The number of benzene rings is 1. The van der Waals surface area contributed by atoms with Crippen molar-refractivity contribution in [1.82, 2.24) is 5.32 Å². The Bertz CT molecular complexity index is 435. The van der Waals surface area contributed by atoms with E-state index in [4.69, 9.17) is 4.74 Å². The highest BCUT2D eigenvalue weighted by Gasteiger charge is 2.26. The normalized spacial score (nSPS) is 23.8. The van der Waals surface area contributed by atoms with Crippen LogP contribution < -0.4 is 10.1 Å². The lowest BCUT2D eigenvalue weighted by molar-refractivity contribution is 0.393. The zero-order valence-electron chi connectivity index (χ0n) is 13.1. The summed E-state index contributed by atoms with van der Waals surface area (Å²) >= 11 is 2.11. The van der Waals surface area contributed by atoms with Gasteiger partial charge in [0.05, 0.1) is 7.11 Å². The molecule has 0 aliphatic heterocycles. The Labute approximate surface area is 127 Å². The van der Waals surface area contributed by atoms with Crippen LogP contribution in [-0.4, -0.2) is 24.2 Å². The maximum absolute atomic E-state index is 5.50. The molecule has 0 heterocycles. The zero-order valence-corrected chi connectivity index (χ0v) is 13.9. The van der Waals surface area contributed by atoms with Gasteiger partial charge in [-0.3, -0.25) is 0 Å². The van der Waals surface area contributed by atoms with E-state index in [1.807, 2.05) is 0 Å². The summed E-state index contributed by atoms with van der Waals surface area (Å²) in [6.45, 7) is 6.64. The molecule has 0 saturated heterocycles. The summed E-state index contributed by atoms with van der Waals surface area (Å²) in [7, 11) is 1.75. The van der Waals surface area contributed by atoms with Crippen molar-refractivity contribution in [3.63, 3.8) is 0 Å². The first-order chi connectivity index (χ1) is 9.63. The second-order valence-corrected chi connectivity index (χ2v) is 7.30. The summed E-state index contributed by atoms with van der Waals surface area (Å²) in [5, 5.41) is 4.64. The van der Waals surface area contributed by atoms with Crippen molar-refractivity contribution in [1.29, 1.82) is 0 Å². The van der Waals surface area contributed by atoms with Crippen LogP contribution in [0.25, 0.3) is 0 Å². The molecule has 1 N–H and O–H groups in total. The predicted octanol–water partition coefficient (Wildman–Crippen LogP) is 4.33. The number of hydrogen-bond donors (Lipinski definition) is 1. The van der Waals surface area contributed by atoms with E-state index < -0.39 is 0 Å². The van der Waals surface area contributed by atoms with Gasteiger partial charge in [-0.05, 0) is 44.9 Å². The molecule has 1 aliphatic carbocycles. The van der Waals surface area contributed by atoms with Gasteiger partial charge in [0.1, 0.15) is 5.75 Å². The van der Waals surface area contributed by atoms with Crippen LogP contribution in [0, 0.1) is 6.92 Å². The minimum Gasteiger partial charge on any atom is -0.496 e. The summed E-state index contributed by atoms with van der Waals surface area (Å²) in [6.07, 6.45) is 3.96. The molecule has 0 aromatic heterocycles. The summed E-state index contributed by atoms with van der Waals surface area (Å²) in [5.41, 5.74) is 2.57. The van der Waals surface area contributed by atoms with E-state index in [-0.39, 0.29) is 0 Å². The van der Waals surface area contributed by atoms with Crippen molar-refractivity contribution < 1.29 is 4.74 Å². The summed E-state index contributed by atoms with van der Waals surface area (Å²) < 4.78 is 5.50. The maximum atomic E-state index is 5.50. The first-order valence-corrected chi connectivity index (χ1v) is 8.71. The molecular formula is C17H27NOS. The fourth-order valence-electron chi connectivity index (χ4n) is 3.11. The Morgan fingerprint density at radius 3 is 2.90 bits per heavy atom. The quantitative estimate of drug-likeness (QED) is 0.843. The lowest BCUT2D eigenvalue weighted by Gasteiger charge is -2.22. The zero-order chi connectivity index (χ0) is 14.5. The standard InChI is InChI=1S/C17H27NOS/c1-5-20-15-8-7-14(11-15)18-13(3)16-10-12(2)6-9-17(16)19-4/h6,9-10,13-15,18H,5,7-8,11H2,1-4H3. The molecule has 1 aliphatic rings. The molecule has 112 valence electrons. The van der Waals surface area contributed by atoms with E-state index in [1.165, 1.54) is 36.1 Å². The number of hydrogen-bond acceptors (Lipinski definition) is 3. The topological polar surface area (TPSA) is 21.3 Å². The molecule has 3 atom stereocenters. The van der Waals surface area contributed by atoms with Crippen molar-refractivity contribution in [3.8, 4) is 5.75 Å². The Hall–Kier alpha value is -0.670. The van der Waals surface area contributed by atoms with Crippen molar-refractivity contribution in [2.75, 3.05) is 12.9 Å². The average Bonchev–Trinajstić information content (AvgIpc) is 2.86. The van der Waals surface area contributed by atoms with Gasteiger partial charge < -0.3 is 10.1 Å². The molecule has 2 rings (SSSR count). The minimum absolute atomic E-state index is 0.347. The van der Waals surface area contributed by atoms with E-state index in [0.29, 0.717) is 12.1 Å². The van der Waals surface area contributed by atoms with Crippen LogP contribution >= 0.6 is 11.8 Å². The van der Waals surface area contributed by atoms with Crippen molar-refractivity contribution in [2.45, 2.75) is 57.4 Å². The molecule has 2 nitrogen and oxygen atoms in total. The van der Waals surface area contributed by atoms with Gasteiger partial charge in [-0.2, -0.15) is 11.8 Å². The van der Waals surface area contributed by atoms with Gasteiger partial charge in [-0.15, -0.1) is 0 Å². The second kappa shape index (κ2) is 7.37. The molecule has 0 radical (unpaired) electrons. The lowest BCUT2D eigenvalue weighted by Crippen LogP contribution is -2.29. The van der Waals surface area contributed by atoms with E-state index >= 15 is 0 Å². The number of aryl methyl sites for hydroxylation is 1. The van der Waals surface area contributed by atoms with Gasteiger partial charge in [0.15, 0.2) is 0 Å². The molecule has 0 bridgehead atoms. The summed E-state index contributed by atoms with van der Waals surface area (Å²) in [6, 6.07) is 7.43. The van der Waals surface area contributed by atoms with Crippen LogP contribution in [0.15, 0.2) is 18.2 Å². The van der Waals surface area contributed by atoms with Crippen molar-refractivity contribution in [2.24, 2.45) is 0 Å². The van der Waals surface area contributed by atoms with Crippen LogP contribution in [0.2, 0.25) is 0 Å². The van der Waals surface area contributed by atoms with Crippen LogP contribution in [0.3, 0.4) is 0 Å². The Morgan fingerprint density at radius 1 is 1.40 bits per heavy atom. The molecule has 3 unspecified atom stereocenters. The lowest BCUT2D eigenvalue weighted by atomic mass is 10.0. The van der Waals surface area contributed by atoms with Crippen LogP contribution in [0.1, 0.15) is 50.3 Å². The Morgan fingerprint density at radius 2 is 2.20 bits per heavy atom. The molecule has 3 heteroatoms. The monoisotopic (exact) mass is 293 g/mol. The largest absolute Gasteiger partial charge is 0.496 e. The van der Waals surface area contributed by atoms with Crippen molar-refractivity contribution >= 4 is 11.8 Å². The van der Waals surface area contributed by atoms with Gasteiger partial charge in [0.2, 0.25) is 0 Å². The smallest absolute Gasteiger partial charge is 0.123 e. The molecular weight excluding hydrogens is 266 g/mol. The van der Waals surface area contributed by atoms with Gasteiger partial charge >= 0.3 is 0 Å². The molecule has 20 heavy (non-hydrogen) atoms. The van der Waals surface area contributed by atoms with E-state index in [1.54, 1.807) is 7.11 Å². The van der Waals surface area contributed by atoms with Gasteiger partial charge in [0.25, 0.3) is 0 Å². The fourth-order valence-corrected chi connectivity index (χ4v) is 4.26. The highest BCUT2D eigenvalue weighted by Crippen LogP contribution is 2.32.